The number of halogens is 2. The normalized spacial score (nSPS) is 10.4. The van der Waals surface area contributed by atoms with Gasteiger partial charge in [0.15, 0.2) is 0 Å². The third-order valence-electron chi connectivity index (χ3n) is 2.13. The zero-order valence-corrected chi connectivity index (χ0v) is 10.1. The quantitative estimate of drug-likeness (QED) is 0.709. The first-order valence-corrected chi connectivity index (χ1v) is 6.23. The van der Waals surface area contributed by atoms with Crippen molar-refractivity contribution in [3.05, 3.63) is 64.9 Å². The molecule has 0 unspecified atom stereocenters. The lowest BCUT2D eigenvalue weighted by Crippen LogP contribution is -1.81. The van der Waals surface area contributed by atoms with Crippen LogP contribution < -0.4 is 0 Å². The molecule has 0 aliphatic carbocycles. The van der Waals surface area contributed by atoms with E-state index in [0.717, 1.165) is 21.2 Å². The minimum Gasteiger partial charge on any atom is -0.207 e. The number of hydrogen-bond donors (Lipinski definition) is 0. The fourth-order valence-corrected chi connectivity index (χ4v) is 2.26. The molecule has 0 nitrogen and oxygen atoms in total. The molecule has 0 heterocycles. The average molecular weight is 253 g/mol. The van der Waals surface area contributed by atoms with Crippen LogP contribution in [0.5, 0.6) is 0 Å². The Morgan fingerprint density at radius 2 is 1.56 bits per heavy atom. The van der Waals surface area contributed by atoms with Crippen molar-refractivity contribution in [2.45, 2.75) is 10.6 Å². The fraction of sp³-hybridized carbons (Fsp3) is 0.0769. The van der Waals surface area contributed by atoms with E-state index in [-0.39, 0.29) is 5.82 Å². The van der Waals surface area contributed by atoms with Crippen LogP contribution >= 0.6 is 23.4 Å². The maximum absolute atomic E-state index is 12.7. The Labute approximate surface area is 103 Å². The predicted octanol–water partition coefficient (Wildman–Crippen LogP) is 4.77. The Kier molecular flexibility index (Phi) is 3.86. The minimum atomic E-state index is -0.194. The predicted molar refractivity (Wildman–Crippen MR) is 67.4 cm³/mol. The van der Waals surface area contributed by atoms with Crippen molar-refractivity contribution in [2.24, 2.45) is 0 Å². The summed E-state index contributed by atoms with van der Waals surface area (Å²) in [5.41, 5.74) is 1.11. The first kappa shape index (κ1) is 11.5. The zero-order valence-electron chi connectivity index (χ0n) is 8.49. The summed E-state index contributed by atoms with van der Waals surface area (Å²) in [5, 5.41) is 0.742. The van der Waals surface area contributed by atoms with E-state index in [9.17, 15) is 4.39 Å². The molecule has 2 aromatic carbocycles. The van der Waals surface area contributed by atoms with Crippen LogP contribution in [0.2, 0.25) is 5.02 Å². The van der Waals surface area contributed by atoms with E-state index in [1.54, 1.807) is 23.9 Å². The second-order valence-electron chi connectivity index (χ2n) is 3.37. The highest BCUT2D eigenvalue weighted by Crippen LogP contribution is 2.24. The molecule has 0 aliphatic rings. The molecule has 0 aromatic heterocycles. The van der Waals surface area contributed by atoms with Crippen LogP contribution in [0.15, 0.2) is 53.4 Å². The molecule has 0 spiro atoms. The third-order valence-corrected chi connectivity index (χ3v) is 3.47. The monoisotopic (exact) mass is 252 g/mol. The molecule has 3 heteroatoms. The molecule has 16 heavy (non-hydrogen) atoms. The lowest BCUT2D eigenvalue weighted by atomic mass is 10.2. The van der Waals surface area contributed by atoms with Crippen molar-refractivity contribution in [1.82, 2.24) is 0 Å². The van der Waals surface area contributed by atoms with Gasteiger partial charge in [0.25, 0.3) is 0 Å². The highest BCUT2D eigenvalue weighted by Gasteiger charge is 1.97. The van der Waals surface area contributed by atoms with Gasteiger partial charge in [-0.1, -0.05) is 23.7 Å². The van der Waals surface area contributed by atoms with Crippen molar-refractivity contribution in [1.29, 1.82) is 0 Å². The van der Waals surface area contributed by atoms with Crippen LogP contribution in [0.1, 0.15) is 5.56 Å². The van der Waals surface area contributed by atoms with Crippen molar-refractivity contribution in [2.75, 3.05) is 0 Å². The fourth-order valence-electron chi connectivity index (χ4n) is 1.28. The van der Waals surface area contributed by atoms with Gasteiger partial charge < -0.3 is 0 Å². The van der Waals surface area contributed by atoms with Crippen LogP contribution in [-0.4, -0.2) is 0 Å². The number of benzene rings is 2. The first-order chi connectivity index (χ1) is 7.74. The molecular weight excluding hydrogens is 243 g/mol. The van der Waals surface area contributed by atoms with Crippen LogP contribution in [0.4, 0.5) is 4.39 Å². The molecule has 0 amide bonds. The van der Waals surface area contributed by atoms with Gasteiger partial charge in [-0.05, 0) is 42.0 Å². The highest BCUT2D eigenvalue weighted by molar-refractivity contribution is 7.98. The molecule has 0 bridgehead atoms. The van der Waals surface area contributed by atoms with Crippen molar-refractivity contribution < 1.29 is 4.39 Å². The smallest absolute Gasteiger partial charge is 0.123 e. The average Bonchev–Trinajstić information content (AvgIpc) is 2.30. The van der Waals surface area contributed by atoms with E-state index in [4.69, 9.17) is 11.6 Å². The van der Waals surface area contributed by atoms with E-state index < -0.39 is 0 Å². The maximum Gasteiger partial charge on any atom is 0.123 e. The van der Waals surface area contributed by atoms with Crippen LogP contribution in [0.25, 0.3) is 0 Å². The summed E-state index contributed by atoms with van der Waals surface area (Å²) in [6.07, 6.45) is 0. The summed E-state index contributed by atoms with van der Waals surface area (Å²) in [6.45, 7) is 0. The van der Waals surface area contributed by atoms with Crippen molar-refractivity contribution in [3.63, 3.8) is 0 Å². The van der Waals surface area contributed by atoms with E-state index in [0.29, 0.717) is 0 Å². The molecule has 0 saturated heterocycles. The molecular formula is C13H10ClFS. The zero-order chi connectivity index (χ0) is 11.4. The molecule has 0 aliphatic heterocycles. The van der Waals surface area contributed by atoms with Gasteiger partial charge in [-0.15, -0.1) is 11.8 Å². The van der Waals surface area contributed by atoms with Gasteiger partial charge in [-0.25, -0.2) is 4.39 Å². The number of thioether (sulfide) groups is 1. The standard InChI is InChI=1S/C13H10ClFS/c14-11-3-7-13(8-4-11)16-9-10-1-5-12(15)6-2-10/h1-8H,9H2. The van der Waals surface area contributed by atoms with Gasteiger partial charge in [-0.3, -0.25) is 0 Å². The van der Waals surface area contributed by atoms with E-state index in [2.05, 4.69) is 0 Å². The summed E-state index contributed by atoms with van der Waals surface area (Å²) in [4.78, 5) is 1.16. The Morgan fingerprint density at radius 3 is 2.19 bits per heavy atom. The van der Waals surface area contributed by atoms with Gasteiger partial charge in [0, 0.05) is 15.7 Å². The van der Waals surface area contributed by atoms with Gasteiger partial charge in [0.05, 0.1) is 0 Å². The lowest BCUT2D eigenvalue weighted by Gasteiger charge is -2.02. The molecule has 0 fully saturated rings. The Morgan fingerprint density at radius 1 is 0.938 bits per heavy atom. The second kappa shape index (κ2) is 5.37. The molecule has 2 rings (SSSR count). The highest BCUT2D eigenvalue weighted by atomic mass is 35.5. The topological polar surface area (TPSA) is 0 Å². The Balaban J connectivity index is 1.97. The SMILES string of the molecule is Fc1ccc(CSc2ccc(Cl)cc2)cc1. The van der Waals surface area contributed by atoms with Gasteiger partial charge in [0.1, 0.15) is 5.82 Å². The van der Waals surface area contributed by atoms with Gasteiger partial charge in [0.2, 0.25) is 0 Å². The summed E-state index contributed by atoms with van der Waals surface area (Å²) in [6, 6.07) is 14.3. The summed E-state index contributed by atoms with van der Waals surface area (Å²) >= 11 is 7.50. The van der Waals surface area contributed by atoms with E-state index in [1.807, 2.05) is 24.3 Å². The molecule has 0 N–H and O–H groups in total. The Hall–Kier alpha value is -0.990. The van der Waals surface area contributed by atoms with Gasteiger partial charge in [-0.2, -0.15) is 0 Å². The number of rotatable bonds is 3. The second-order valence-corrected chi connectivity index (χ2v) is 4.85. The summed E-state index contributed by atoms with van der Waals surface area (Å²) in [7, 11) is 0. The molecule has 0 radical (unpaired) electrons. The molecule has 2 aromatic rings. The van der Waals surface area contributed by atoms with Gasteiger partial charge >= 0.3 is 0 Å². The van der Waals surface area contributed by atoms with Crippen molar-refractivity contribution >= 4 is 23.4 Å². The largest absolute Gasteiger partial charge is 0.207 e. The Bertz CT molecular complexity index is 405. The molecule has 0 atom stereocenters. The van der Waals surface area contributed by atoms with Crippen LogP contribution in [-0.2, 0) is 5.75 Å². The van der Waals surface area contributed by atoms with E-state index in [1.165, 1.54) is 12.1 Å². The maximum atomic E-state index is 12.7. The molecule has 82 valence electrons. The minimum absolute atomic E-state index is 0.194. The van der Waals surface area contributed by atoms with Crippen molar-refractivity contribution in [3.8, 4) is 0 Å². The first-order valence-electron chi connectivity index (χ1n) is 4.87. The summed E-state index contributed by atoms with van der Waals surface area (Å²) < 4.78 is 12.7. The van der Waals surface area contributed by atoms with Crippen LogP contribution in [0.3, 0.4) is 0 Å². The van der Waals surface area contributed by atoms with Crippen LogP contribution in [0, 0.1) is 5.82 Å². The van der Waals surface area contributed by atoms with E-state index >= 15 is 0 Å². The summed E-state index contributed by atoms with van der Waals surface area (Å²) in [5.74, 6) is 0.641. The molecule has 0 saturated carbocycles. The number of hydrogen-bond acceptors (Lipinski definition) is 1. The third kappa shape index (κ3) is 3.26. The lowest BCUT2D eigenvalue weighted by molar-refractivity contribution is 0.627.